The fraction of sp³-hybridized carbons (Fsp3) is 0.333. The Balaban J connectivity index is 1.92. The number of carbonyl (C=O) groups excluding carboxylic acids is 2. The predicted octanol–water partition coefficient (Wildman–Crippen LogP) is 4.16. The van der Waals surface area contributed by atoms with E-state index in [0.717, 1.165) is 5.56 Å². The van der Waals surface area contributed by atoms with E-state index in [1.807, 2.05) is 51.1 Å². The fourth-order valence-corrected chi connectivity index (χ4v) is 3.43. The SMILES string of the molecule is CCOc1cc(C2NC(=O)NC(CC)=C2C(=O)OC)ccc1OCc1ccc(C)cc1. The van der Waals surface area contributed by atoms with Crippen molar-refractivity contribution in [1.82, 2.24) is 10.6 Å². The summed E-state index contributed by atoms with van der Waals surface area (Å²) in [4.78, 5) is 24.6. The van der Waals surface area contributed by atoms with Crippen LogP contribution in [-0.4, -0.2) is 25.7 Å². The summed E-state index contributed by atoms with van der Waals surface area (Å²) in [5, 5.41) is 5.51. The number of allylic oxidation sites excluding steroid dienone is 1. The van der Waals surface area contributed by atoms with Gasteiger partial charge in [0.2, 0.25) is 0 Å². The molecule has 1 unspecified atom stereocenters. The van der Waals surface area contributed by atoms with Crippen LogP contribution >= 0.6 is 0 Å². The van der Waals surface area contributed by atoms with Crippen molar-refractivity contribution >= 4 is 12.0 Å². The average Bonchev–Trinajstić information content (AvgIpc) is 2.78. The number of nitrogens with one attached hydrogen (secondary N) is 2. The summed E-state index contributed by atoms with van der Waals surface area (Å²) in [6, 6.07) is 12.5. The van der Waals surface area contributed by atoms with Gasteiger partial charge in [-0.3, -0.25) is 0 Å². The second-order valence-corrected chi connectivity index (χ2v) is 7.18. The molecule has 0 saturated carbocycles. The first-order valence-electron chi connectivity index (χ1n) is 10.3. The zero-order valence-electron chi connectivity index (χ0n) is 18.3. The Hall–Kier alpha value is -3.48. The standard InChI is InChI=1S/C24H28N2O5/c1-5-18-21(23(27)29-4)22(26-24(28)25-18)17-11-12-19(20(13-17)30-6-2)31-14-16-9-7-15(3)8-10-16/h7-13,22H,5-6,14H2,1-4H3,(H2,25,26,28). The highest BCUT2D eigenvalue weighted by molar-refractivity contribution is 5.95. The highest BCUT2D eigenvalue weighted by atomic mass is 16.5. The molecule has 2 aromatic rings. The molecule has 2 N–H and O–H groups in total. The number of hydrogen-bond donors (Lipinski definition) is 2. The smallest absolute Gasteiger partial charge is 0.337 e. The maximum absolute atomic E-state index is 12.5. The van der Waals surface area contributed by atoms with Crippen molar-refractivity contribution in [1.29, 1.82) is 0 Å². The molecule has 7 heteroatoms. The van der Waals surface area contributed by atoms with Gasteiger partial charge in [-0.25, -0.2) is 9.59 Å². The lowest BCUT2D eigenvalue weighted by Gasteiger charge is -2.29. The number of ether oxygens (including phenoxy) is 3. The van der Waals surface area contributed by atoms with Crippen LogP contribution < -0.4 is 20.1 Å². The molecule has 0 bridgehead atoms. The first-order valence-corrected chi connectivity index (χ1v) is 10.3. The largest absolute Gasteiger partial charge is 0.490 e. The third-order valence-corrected chi connectivity index (χ3v) is 5.03. The molecular weight excluding hydrogens is 396 g/mol. The Labute approximate surface area is 182 Å². The van der Waals surface area contributed by atoms with Crippen molar-refractivity contribution in [2.24, 2.45) is 0 Å². The third kappa shape index (κ3) is 5.17. The van der Waals surface area contributed by atoms with Gasteiger partial charge < -0.3 is 24.8 Å². The molecular formula is C24H28N2O5. The van der Waals surface area contributed by atoms with E-state index in [9.17, 15) is 9.59 Å². The second kappa shape index (κ2) is 10.0. The number of rotatable bonds is 8. The third-order valence-electron chi connectivity index (χ3n) is 5.03. The van der Waals surface area contributed by atoms with Crippen molar-refractivity contribution in [2.75, 3.05) is 13.7 Å². The number of aryl methyl sites for hydroxylation is 1. The molecule has 0 spiro atoms. The molecule has 2 amide bonds. The van der Waals surface area contributed by atoms with E-state index in [4.69, 9.17) is 14.2 Å². The number of urea groups is 1. The van der Waals surface area contributed by atoms with E-state index in [0.29, 0.717) is 48.0 Å². The average molecular weight is 424 g/mol. The van der Waals surface area contributed by atoms with Crippen LogP contribution in [0.4, 0.5) is 4.79 Å². The minimum atomic E-state index is -0.651. The predicted molar refractivity (Wildman–Crippen MR) is 117 cm³/mol. The van der Waals surface area contributed by atoms with Crippen LogP contribution in [0.2, 0.25) is 0 Å². The van der Waals surface area contributed by atoms with Crippen molar-refractivity contribution in [3.63, 3.8) is 0 Å². The van der Waals surface area contributed by atoms with Gasteiger partial charge >= 0.3 is 12.0 Å². The number of esters is 1. The molecule has 0 aromatic heterocycles. The molecule has 1 atom stereocenters. The lowest BCUT2D eigenvalue weighted by atomic mass is 9.94. The summed E-state index contributed by atoms with van der Waals surface area (Å²) in [6.07, 6.45) is 0.490. The van der Waals surface area contributed by atoms with Crippen LogP contribution in [0.25, 0.3) is 0 Å². The van der Waals surface area contributed by atoms with E-state index >= 15 is 0 Å². The lowest BCUT2D eigenvalue weighted by molar-refractivity contribution is -0.136. The van der Waals surface area contributed by atoms with Crippen LogP contribution in [0.3, 0.4) is 0 Å². The summed E-state index contributed by atoms with van der Waals surface area (Å²) in [5.41, 5.74) is 3.85. The number of amides is 2. The number of carbonyl (C=O) groups is 2. The molecule has 2 aromatic carbocycles. The van der Waals surface area contributed by atoms with E-state index in [2.05, 4.69) is 10.6 Å². The lowest BCUT2D eigenvalue weighted by Crippen LogP contribution is -2.45. The summed E-state index contributed by atoms with van der Waals surface area (Å²) >= 11 is 0. The molecule has 0 saturated heterocycles. The highest BCUT2D eigenvalue weighted by Gasteiger charge is 2.33. The first-order chi connectivity index (χ1) is 15.0. The topological polar surface area (TPSA) is 85.9 Å². The van der Waals surface area contributed by atoms with Crippen LogP contribution in [-0.2, 0) is 16.1 Å². The van der Waals surface area contributed by atoms with Crippen molar-refractivity contribution in [2.45, 2.75) is 39.8 Å². The minimum absolute atomic E-state index is 0.368. The van der Waals surface area contributed by atoms with E-state index in [-0.39, 0.29) is 6.03 Å². The quantitative estimate of drug-likeness (QED) is 0.622. The molecule has 1 aliphatic rings. The van der Waals surface area contributed by atoms with Crippen LogP contribution in [0, 0.1) is 6.92 Å². The normalized spacial score (nSPS) is 15.7. The zero-order valence-corrected chi connectivity index (χ0v) is 18.3. The van der Waals surface area contributed by atoms with Crippen LogP contribution in [0.5, 0.6) is 11.5 Å². The summed E-state index contributed by atoms with van der Waals surface area (Å²) in [7, 11) is 1.32. The highest BCUT2D eigenvalue weighted by Crippen LogP contribution is 2.35. The van der Waals surface area contributed by atoms with Gasteiger partial charge in [-0.15, -0.1) is 0 Å². The summed E-state index contributed by atoms with van der Waals surface area (Å²) < 4.78 is 16.7. The molecule has 0 radical (unpaired) electrons. The van der Waals surface area contributed by atoms with Gasteiger partial charge in [-0.05, 0) is 43.5 Å². The second-order valence-electron chi connectivity index (χ2n) is 7.18. The Bertz CT molecular complexity index is 982. The van der Waals surface area contributed by atoms with E-state index in [1.165, 1.54) is 12.7 Å². The molecule has 1 aliphatic heterocycles. The van der Waals surface area contributed by atoms with Gasteiger partial charge in [0, 0.05) is 5.70 Å². The molecule has 164 valence electrons. The van der Waals surface area contributed by atoms with Gasteiger partial charge in [0.1, 0.15) is 6.61 Å². The number of benzene rings is 2. The maximum atomic E-state index is 12.5. The number of methoxy groups -OCH3 is 1. The Morgan fingerprint density at radius 2 is 1.77 bits per heavy atom. The van der Waals surface area contributed by atoms with Crippen LogP contribution in [0.1, 0.15) is 43.0 Å². The van der Waals surface area contributed by atoms with Crippen molar-refractivity contribution < 1.29 is 23.8 Å². The Morgan fingerprint density at radius 1 is 1.03 bits per heavy atom. The van der Waals surface area contributed by atoms with Gasteiger partial charge in [0.25, 0.3) is 0 Å². The monoisotopic (exact) mass is 424 g/mol. The Morgan fingerprint density at radius 3 is 2.42 bits per heavy atom. The molecule has 31 heavy (non-hydrogen) atoms. The number of hydrogen-bond acceptors (Lipinski definition) is 5. The zero-order chi connectivity index (χ0) is 22.4. The van der Waals surface area contributed by atoms with Crippen molar-refractivity contribution in [3.8, 4) is 11.5 Å². The maximum Gasteiger partial charge on any atom is 0.337 e. The van der Waals surface area contributed by atoms with Crippen LogP contribution in [0.15, 0.2) is 53.7 Å². The summed E-state index contributed by atoms with van der Waals surface area (Å²) in [5.74, 6) is 0.639. The van der Waals surface area contributed by atoms with Gasteiger partial charge in [0.05, 0.1) is 25.3 Å². The van der Waals surface area contributed by atoms with E-state index < -0.39 is 12.0 Å². The summed E-state index contributed by atoms with van der Waals surface area (Å²) in [6.45, 7) is 6.64. The Kier molecular flexibility index (Phi) is 7.18. The fourth-order valence-electron chi connectivity index (χ4n) is 3.43. The minimum Gasteiger partial charge on any atom is -0.490 e. The molecule has 7 nitrogen and oxygen atoms in total. The molecule has 0 aliphatic carbocycles. The van der Waals surface area contributed by atoms with Gasteiger partial charge in [0.15, 0.2) is 11.5 Å². The van der Waals surface area contributed by atoms with Gasteiger partial charge in [-0.2, -0.15) is 0 Å². The molecule has 0 fully saturated rings. The van der Waals surface area contributed by atoms with Gasteiger partial charge in [-0.1, -0.05) is 42.8 Å². The molecule has 3 rings (SSSR count). The first kappa shape index (κ1) is 22.2. The van der Waals surface area contributed by atoms with Crippen molar-refractivity contribution in [3.05, 3.63) is 70.4 Å². The molecule has 1 heterocycles. The van der Waals surface area contributed by atoms with E-state index in [1.54, 1.807) is 12.1 Å².